The summed E-state index contributed by atoms with van der Waals surface area (Å²) in [6.07, 6.45) is 1.79. The molecular formula is C10H17N3O. The SMILES string of the molecule is CNc1cccc(NCCCCO)n1. The second-order valence-electron chi connectivity index (χ2n) is 3.02. The smallest absolute Gasteiger partial charge is 0.128 e. The predicted octanol–water partition coefficient (Wildman–Crippen LogP) is 1.31. The Balaban J connectivity index is 2.34. The van der Waals surface area contributed by atoms with Gasteiger partial charge in [0.05, 0.1) is 0 Å². The summed E-state index contributed by atoms with van der Waals surface area (Å²) in [5.74, 6) is 1.73. The number of nitrogens with zero attached hydrogens (tertiary/aromatic N) is 1. The lowest BCUT2D eigenvalue weighted by Gasteiger charge is -2.06. The molecule has 0 unspecified atom stereocenters. The fraction of sp³-hybridized carbons (Fsp3) is 0.500. The zero-order chi connectivity index (χ0) is 10.2. The Labute approximate surface area is 84.4 Å². The van der Waals surface area contributed by atoms with Gasteiger partial charge in [-0.1, -0.05) is 6.07 Å². The van der Waals surface area contributed by atoms with E-state index >= 15 is 0 Å². The lowest BCUT2D eigenvalue weighted by molar-refractivity contribution is 0.286. The number of nitrogens with one attached hydrogen (secondary N) is 2. The maximum absolute atomic E-state index is 8.59. The van der Waals surface area contributed by atoms with Crippen molar-refractivity contribution < 1.29 is 5.11 Å². The van der Waals surface area contributed by atoms with Gasteiger partial charge < -0.3 is 15.7 Å². The Morgan fingerprint density at radius 1 is 1.29 bits per heavy atom. The first-order chi connectivity index (χ1) is 6.86. The molecule has 78 valence electrons. The minimum Gasteiger partial charge on any atom is -0.396 e. The van der Waals surface area contributed by atoms with Gasteiger partial charge in [0.2, 0.25) is 0 Å². The van der Waals surface area contributed by atoms with Crippen molar-refractivity contribution in [2.75, 3.05) is 30.8 Å². The van der Waals surface area contributed by atoms with Crippen molar-refractivity contribution in [1.82, 2.24) is 4.98 Å². The van der Waals surface area contributed by atoms with E-state index in [1.54, 1.807) is 0 Å². The Morgan fingerprint density at radius 2 is 2.07 bits per heavy atom. The predicted molar refractivity (Wildman–Crippen MR) is 58.6 cm³/mol. The van der Waals surface area contributed by atoms with Crippen LogP contribution in [0.1, 0.15) is 12.8 Å². The van der Waals surface area contributed by atoms with E-state index in [2.05, 4.69) is 15.6 Å². The highest BCUT2D eigenvalue weighted by Gasteiger charge is 1.94. The van der Waals surface area contributed by atoms with Crippen LogP contribution in [0.2, 0.25) is 0 Å². The first-order valence-corrected chi connectivity index (χ1v) is 4.86. The van der Waals surface area contributed by atoms with Gasteiger partial charge in [-0.15, -0.1) is 0 Å². The summed E-state index contributed by atoms with van der Waals surface area (Å²) in [4.78, 5) is 4.30. The molecule has 0 aliphatic rings. The van der Waals surface area contributed by atoms with Crippen LogP contribution < -0.4 is 10.6 Å². The number of aliphatic hydroxyl groups excluding tert-OH is 1. The zero-order valence-electron chi connectivity index (χ0n) is 8.45. The molecule has 4 heteroatoms. The van der Waals surface area contributed by atoms with Crippen LogP contribution in [0.3, 0.4) is 0 Å². The zero-order valence-corrected chi connectivity index (χ0v) is 8.45. The van der Waals surface area contributed by atoms with Crippen molar-refractivity contribution >= 4 is 11.6 Å². The van der Waals surface area contributed by atoms with E-state index in [4.69, 9.17) is 5.11 Å². The van der Waals surface area contributed by atoms with Gasteiger partial charge in [0, 0.05) is 20.2 Å². The van der Waals surface area contributed by atoms with E-state index in [0.29, 0.717) is 0 Å². The van der Waals surface area contributed by atoms with E-state index < -0.39 is 0 Å². The normalized spacial score (nSPS) is 9.86. The van der Waals surface area contributed by atoms with Crippen LogP contribution in [0.4, 0.5) is 11.6 Å². The molecule has 0 bridgehead atoms. The molecule has 1 aromatic heterocycles. The third kappa shape index (κ3) is 3.62. The summed E-state index contributed by atoms with van der Waals surface area (Å²) in [5.41, 5.74) is 0. The molecule has 0 fully saturated rings. The Kier molecular flexibility index (Phi) is 4.78. The van der Waals surface area contributed by atoms with E-state index in [9.17, 15) is 0 Å². The highest BCUT2D eigenvalue weighted by Crippen LogP contribution is 2.08. The van der Waals surface area contributed by atoms with E-state index in [1.165, 1.54) is 0 Å². The van der Waals surface area contributed by atoms with Crippen molar-refractivity contribution in [2.24, 2.45) is 0 Å². The molecule has 4 nitrogen and oxygen atoms in total. The van der Waals surface area contributed by atoms with Crippen molar-refractivity contribution in [2.45, 2.75) is 12.8 Å². The standard InChI is InChI=1S/C10H17N3O/c1-11-9-5-4-6-10(13-9)12-7-2-3-8-14/h4-6,14H,2-3,7-8H2,1H3,(H2,11,12,13). The van der Waals surface area contributed by atoms with Crippen LogP contribution in [-0.4, -0.2) is 30.3 Å². The van der Waals surface area contributed by atoms with Crippen LogP contribution in [0, 0.1) is 0 Å². The molecule has 1 heterocycles. The monoisotopic (exact) mass is 195 g/mol. The highest BCUT2D eigenvalue weighted by molar-refractivity contribution is 5.44. The summed E-state index contributed by atoms with van der Waals surface area (Å²) in [6, 6.07) is 5.80. The van der Waals surface area contributed by atoms with Gasteiger partial charge in [0.15, 0.2) is 0 Å². The first-order valence-electron chi connectivity index (χ1n) is 4.86. The molecule has 14 heavy (non-hydrogen) atoms. The van der Waals surface area contributed by atoms with Crippen molar-refractivity contribution in [1.29, 1.82) is 0 Å². The molecule has 0 aliphatic carbocycles. The number of aliphatic hydroxyl groups is 1. The van der Waals surface area contributed by atoms with Crippen molar-refractivity contribution in [3.8, 4) is 0 Å². The number of hydrogen-bond donors (Lipinski definition) is 3. The molecule has 3 N–H and O–H groups in total. The molecule has 0 radical (unpaired) electrons. The van der Waals surface area contributed by atoms with Gasteiger partial charge >= 0.3 is 0 Å². The Morgan fingerprint density at radius 3 is 2.79 bits per heavy atom. The number of aromatic nitrogens is 1. The Bertz CT molecular complexity index is 265. The maximum atomic E-state index is 8.59. The van der Waals surface area contributed by atoms with Crippen molar-refractivity contribution in [3.63, 3.8) is 0 Å². The number of unbranched alkanes of at least 4 members (excludes halogenated alkanes) is 1. The van der Waals surface area contributed by atoms with Crippen LogP contribution in [0.15, 0.2) is 18.2 Å². The molecule has 0 atom stereocenters. The average Bonchev–Trinajstić information content (AvgIpc) is 2.25. The van der Waals surface area contributed by atoms with Crippen LogP contribution in [0.5, 0.6) is 0 Å². The molecule has 1 rings (SSSR count). The molecule has 0 saturated carbocycles. The second kappa shape index (κ2) is 6.21. The lowest BCUT2D eigenvalue weighted by Crippen LogP contribution is -2.04. The minimum atomic E-state index is 0.256. The van der Waals surface area contributed by atoms with Gasteiger partial charge in [0.1, 0.15) is 11.6 Å². The molecule has 0 aliphatic heterocycles. The average molecular weight is 195 g/mol. The molecule has 0 saturated heterocycles. The largest absolute Gasteiger partial charge is 0.396 e. The van der Waals surface area contributed by atoms with E-state index in [0.717, 1.165) is 31.0 Å². The fourth-order valence-electron chi connectivity index (χ4n) is 1.13. The summed E-state index contributed by atoms with van der Waals surface area (Å²) < 4.78 is 0. The summed E-state index contributed by atoms with van der Waals surface area (Å²) in [7, 11) is 1.85. The van der Waals surface area contributed by atoms with Gasteiger partial charge in [-0.25, -0.2) is 4.98 Å². The third-order valence-corrected chi connectivity index (χ3v) is 1.90. The van der Waals surface area contributed by atoms with Gasteiger partial charge in [-0.3, -0.25) is 0 Å². The fourth-order valence-corrected chi connectivity index (χ4v) is 1.13. The van der Waals surface area contributed by atoms with Gasteiger partial charge in [-0.2, -0.15) is 0 Å². The number of pyridine rings is 1. The maximum Gasteiger partial charge on any atom is 0.128 e. The topological polar surface area (TPSA) is 57.2 Å². The lowest BCUT2D eigenvalue weighted by atomic mass is 10.3. The number of hydrogen-bond acceptors (Lipinski definition) is 4. The van der Waals surface area contributed by atoms with E-state index in [-0.39, 0.29) is 6.61 Å². The summed E-state index contributed by atoms with van der Waals surface area (Å²) in [5, 5.41) is 14.8. The van der Waals surface area contributed by atoms with Gasteiger partial charge in [0.25, 0.3) is 0 Å². The minimum absolute atomic E-state index is 0.256. The van der Waals surface area contributed by atoms with Crippen LogP contribution in [0.25, 0.3) is 0 Å². The summed E-state index contributed by atoms with van der Waals surface area (Å²) in [6.45, 7) is 1.10. The number of rotatable bonds is 6. The Hall–Kier alpha value is -1.29. The van der Waals surface area contributed by atoms with Crippen molar-refractivity contribution in [3.05, 3.63) is 18.2 Å². The molecular weight excluding hydrogens is 178 g/mol. The summed E-state index contributed by atoms with van der Waals surface area (Å²) >= 11 is 0. The second-order valence-corrected chi connectivity index (χ2v) is 3.02. The third-order valence-electron chi connectivity index (χ3n) is 1.90. The molecule has 0 aromatic carbocycles. The van der Waals surface area contributed by atoms with Crippen LogP contribution in [-0.2, 0) is 0 Å². The quantitative estimate of drug-likeness (QED) is 0.599. The molecule has 0 amide bonds. The van der Waals surface area contributed by atoms with Crippen LogP contribution >= 0.6 is 0 Å². The molecule has 1 aromatic rings. The van der Waals surface area contributed by atoms with E-state index in [1.807, 2.05) is 25.2 Å². The van der Waals surface area contributed by atoms with Gasteiger partial charge in [-0.05, 0) is 25.0 Å². The molecule has 0 spiro atoms. The number of anilines is 2. The first kappa shape index (κ1) is 10.8. The highest BCUT2D eigenvalue weighted by atomic mass is 16.2.